The highest BCUT2D eigenvalue weighted by atomic mass is 19.1. The molecule has 1 N–H and O–H groups in total. The van der Waals surface area contributed by atoms with Crippen molar-refractivity contribution >= 4 is 5.97 Å². The molecule has 90 valence electrons. The molecule has 17 heavy (non-hydrogen) atoms. The molecule has 1 heterocycles. The third-order valence-electron chi connectivity index (χ3n) is 2.52. The van der Waals surface area contributed by atoms with Gasteiger partial charge in [-0.25, -0.2) is 4.39 Å². The Balaban J connectivity index is 1.88. The molecule has 0 saturated carbocycles. The van der Waals surface area contributed by atoms with E-state index in [1.165, 1.54) is 24.3 Å². The van der Waals surface area contributed by atoms with E-state index in [0.717, 1.165) is 25.1 Å². The van der Waals surface area contributed by atoms with E-state index in [0.29, 0.717) is 5.75 Å². The third-order valence-corrected chi connectivity index (χ3v) is 2.52. The minimum absolute atomic E-state index is 0.282. The van der Waals surface area contributed by atoms with Crippen LogP contribution >= 0.6 is 0 Å². The lowest BCUT2D eigenvalue weighted by Gasteiger charge is -2.13. The number of esters is 1. The zero-order chi connectivity index (χ0) is 12.1. The zero-order valence-electron chi connectivity index (χ0n) is 9.41. The molecule has 1 aliphatic rings. The van der Waals surface area contributed by atoms with Crippen molar-refractivity contribution in [3.8, 4) is 5.75 Å². The van der Waals surface area contributed by atoms with E-state index in [4.69, 9.17) is 4.74 Å². The van der Waals surface area contributed by atoms with Crippen LogP contribution in [0.4, 0.5) is 4.39 Å². The Morgan fingerprint density at radius 2 is 2.12 bits per heavy atom. The molecule has 0 unspecified atom stereocenters. The van der Waals surface area contributed by atoms with Gasteiger partial charge in [0, 0.05) is 6.54 Å². The largest absolute Gasteiger partial charge is 0.426 e. The third kappa shape index (κ3) is 3.67. The summed E-state index contributed by atoms with van der Waals surface area (Å²) in [7, 11) is 0. The maximum atomic E-state index is 12.6. The molecule has 3 nitrogen and oxygen atoms in total. The van der Waals surface area contributed by atoms with E-state index in [1.54, 1.807) is 0 Å². The SMILES string of the molecule is O=C(CC1=CCCNC1)Oc1ccc(F)cc1. The number of carbonyl (C=O) groups excluding carboxylic acids is 1. The molecule has 0 atom stereocenters. The fourth-order valence-corrected chi connectivity index (χ4v) is 1.69. The van der Waals surface area contributed by atoms with Gasteiger partial charge in [-0.15, -0.1) is 0 Å². The molecule has 0 aromatic heterocycles. The highest BCUT2D eigenvalue weighted by molar-refractivity contribution is 5.75. The van der Waals surface area contributed by atoms with Crippen LogP contribution in [0.2, 0.25) is 0 Å². The van der Waals surface area contributed by atoms with E-state index in [9.17, 15) is 9.18 Å². The average Bonchev–Trinajstić information content (AvgIpc) is 2.33. The monoisotopic (exact) mass is 235 g/mol. The average molecular weight is 235 g/mol. The van der Waals surface area contributed by atoms with Crippen LogP contribution in [0.3, 0.4) is 0 Å². The molecule has 0 radical (unpaired) electrons. The van der Waals surface area contributed by atoms with Crippen molar-refractivity contribution < 1.29 is 13.9 Å². The lowest BCUT2D eigenvalue weighted by Crippen LogP contribution is -2.24. The molecular formula is C13H14FNO2. The number of nitrogens with one attached hydrogen (secondary N) is 1. The maximum Gasteiger partial charge on any atom is 0.315 e. The summed E-state index contributed by atoms with van der Waals surface area (Å²) in [4.78, 5) is 11.6. The van der Waals surface area contributed by atoms with Gasteiger partial charge in [-0.2, -0.15) is 0 Å². The molecule has 0 fully saturated rings. The Morgan fingerprint density at radius 1 is 1.35 bits per heavy atom. The predicted molar refractivity (Wildman–Crippen MR) is 62.2 cm³/mol. The molecule has 0 saturated heterocycles. The molecule has 4 heteroatoms. The van der Waals surface area contributed by atoms with Crippen LogP contribution in [0.5, 0.6) is 5.75 Å². The van der Waals surface area contributed by atoms with Gasteiger partial charge in [0.15, 0.2) is 0 Å². The van der Waals surface area contributed by atoms with Gasteiger partial charge in [-0.1, -0.05) is 6.08 Å². The second-order valence-electron chi connectivity index (χ2n) is 3.93. The van der Waals surface area contributed by atoms with Gasteiger partial charge < -0.3 is 10.1 Å². The van der Waals surface area contributed by atoms with Crippen LogP contribution in [-0.2, 0) is 4.79 Å². The van der Waals surface area contributed by atoms with Crippen LogP contribution < -0.4 is 10.1 Å². The van der Waals surface area contributed by atoms with E-state index < -0.39 is 0 Å². The molecule has 0 spiro atoms. The Kier molecular flexibility index (Phi) is 3.88. The fourth-order valence-electron chi connectivity index (χ4n) is 1.69. The van der Waals surface area contributed by atoms with Crippen molar-refractivity contribution in [3.63, 3.8) is 0 Å². The summed E-state index contributed by atoms with van der Waals surface area (Å²) in [5.41, 5.74) is 1.04. The summed E-state index contributed by atoms with van der Waals surface area (Å²) in [6, 6.07) is 5.43. The smallest absolute Gasteiger partial charge is 0.315 e. The molecule has 1 aromatic carbocycles. The first-order valence-electron chi connectivity index (χ1n) is 5.59. The number of ether oxygens (including phenoxy) is 1. The molecule has 0 amide bonds. The van der Waals surface area contributed by atoms with Crippen molar-refractivity contribution in [2.24, 2.45) is 0 Å². The van der Waals surface area contributed by atoms with Crippen molar-refractivity contribution in [2.45, 2.75) is 12.8 Å². The molecule has 1 aliphatic heterocycles. The standard InChI is InChI=1S/C13H14FNO2/c14-11-3-5-12(6-4-11)17-13(16)8-10-2-1-7-15-9-10/h2-6,15H,1,7-9H2. The van der Waals surface area contributed by atoms with Crippen LogP contribution in [0, 0.1) is 5.82 Å². The number of hydrogen-bond donors (Lipinski definition) is 1. The van der Waals surface area contributed by atoms with E-state index >= 15 is 0 Å². The van der Waals surface area contributed by atoms with Crippen LogP contribution in [0.1, 0.15) is 12.8 Å². The van der Waals surface area contributed by atoms with Gasteiger partial charge in [-0.3, -0.25) is 4.79 Å². The molecule has 0 bridgehead atoms. The van der Waals surface area contributed by atoms with Gasteiger partial charge in [0.05, 0.1) is 6.42 Å². The summed E-state index contributed by atoms with van der Waals surface area (Å²) >= 11 is 0. The Hall–Kier alpha value is -1.68. The number of benzene rings is 1. The van der Waals surface area contributed by atoms with Gasteiger partial charge in [0.2, 0.25) is 0 Å². The Morgan fingerprint density at radius 3 is 2.76 bits per heavy atom. The maximum absolute atomic E-state index is 12.6. The summed E-state index contributed by atoms with van der Waals surface area (Å²) in [6.07, 6.45) is 3.28. The number of rotatable bonds is 3. The minimum atomic E-state index is -0.344. The lowest BCUT2D eigenvalue weighted by atomic mass is 10.1. The van der Waals surface area contributed by atoms with Crippen LogP contribution in [0.15, 0.2) is 35.9 Å². The summed E-state index contributed by atoms with van der Waals surface area (Å²) in [5.74, 6) is -0.281. The summed E-state index contributed by atoms with van der Waals surface area (Å²) < 4.78 is 17.7. The van der Waals surface area contributed by atoms with Gasteiger partial charge in [-0.05, 0) is 42.8 Å². The van der Waals surface area contributed by atoms with E-state index in [2.05, 4.69) is 11.4 Å². The van der Waals surface area contributed by atoms with Crippen LogP contribution in [-0.4, -0.2) is 19.1 Å². The molecular weight excluding hydrogens is 221 g/mol. The quantitative estimate of drug-likeness (QED) is 0.495. The first-order valence-corrected chi connectivity index (χ1v) is 5.59. The molecule has 2 rings (SSSR count). The highest BCUT2D eigenvalue weighted by Gasteiger charge is 2.10. The highest BCUT2D eigenvalue weighted by Crippen LogP contribution is 2.14. The summed E-state index contributed by atoms with van der Waals surface area (Å²) in [6.45, 7) is 1.69. The summed E-state index contributed by atoms with van der Waals surface area (Å²) in [5, 5.41) is 3.19. The van der Waals surface area contributed by atoms with Crippen molar-refractivity contribution in [1.82, 2.24) is 5.32 Å². The number of carbonyl (C=O) groups is 1. The Bertz CT molecular complexity index is 426. The van der Waals surface area contributed by atoms with Gasteiger partial charge >= 0.3 is 5.97 Å². The minimum Gasteiger partial charge on any atom is -0.426 e. The first-order chi connectivity index (χ1) is 8.24. The zero-order valence-corrected chi connectivity index (χ0v) is 9.41. The number of hydrogen-bond acceptors (Lipinski definition) is 3. The molecule has 0 aliphatic carbocycles. The van der Waals surface area contributed by atoms with E-state index in [1.807, 2.05) is 0 Å². The van der Waals surface area contributed by atoms with E-state index in [-0.39, 0.29) is 18.2 Å². The van der Waals surface area contributed by atoms with Gasteiger partial charge in [0.25, 0.3) is 0 Å². The fraction of sp³-hybridized carbons (Fsp3) is 0.308. The second-order valence-corrected chi connectivity index (χ2v) is 3.93. The van der Waals surface area contributed by atoms with Crippen molar-refractivity contribution in [3.05, 3.63) is 41.7 Å². The van der Waals surface area contributed by atoms with Crippen LogP contribution in [0.25, 0.3) is 0 Å². The van der Waals surface area contributed by atoms with Gasteiger partial charge in [0.1, 0.15) is 11.6 Å². The van der Waals surface area contributed by atoms with Crippen molar-refractivity contribution in [2.75, 3.05) is 13.1 Å². The number of halogens is 1. The first kappa shape index (κ1) is 11.8. The Labute approximate surface area is 99.3 Å². The topological polar surface area (TPSA) is 38.3 Å². The predicted octanol–water partition coefficient (Wildman–Crippen LogP) is 2.04. The second kappa shape index (κ2) is 5.59. The van der Waals surface area contributed by atoms with Crippen molar-refractivity contribution in [1.29, 1.82) is 0 Å². The molecule has 1 aromatic rings. The normalized spacial score (nSPS) is 15.2. The lowest BCUT2D eigenvalue weighted by molar-refractivity contribution is -0.133.